The monoisotopic (exact) mass is 632 g/mol. The first-order valence-electron chi connectivity index (χ1n) is 15.1. The fraction of sp³-hybridized carbons (Fsp3) is 0.548. The molecule has 45 heavy (non-hydrogen) atoms. The molecule has 5 N–H and O–H groups in total. The zero-order valence-electron chi connectivity index (χ0n) is 26.5. The van der Waals surface area contributed by atoms with Crippen molar-refractivity contribution in [3.8, 4) is 0 Å². The minimum Gasteiger partial charge on any atom is -0.550 e. The van der Waals surface area contributed by atoms with E-state index in [0.717, 1.165) is 10.9 Å². The van der Waals surface area contributed by atoms with Crippen LogP contribution < -0.4 is 55.9 Å². The van der Waals surface area contributed by atoms with Crippen LogP contribution in [0.4, 0.5) is 0 Å². The van der Waals surface area contributed by atoms with Crippen molar-refractivity contribution in [3.63, 3.8) is 0 Å². The molecule has 4 rings (SSSR count). The number of aromatic amines is 1. The van der Waals surface area contributed by atoms with Crippen LogP contribution in [0.1, 0.15) is 58.9 Å². The summed E-state index contributed by atoms with van der Waals surface area (Å²) in [5.74, 6) is -5.23. The van der Waals surface area contributed by atoms with Gasteiger partial charge < -0.3 is 41.1 Å². The topological polar surface area (TPSA) is 193 Å². The molecule has 1 aromatic carbocycles. The van der Waals surface area contributed by atoms with Gasteiger partial charge in [0.1, 0.15) is 30.2 Å². The van der Waals surface area contributed by atoms with Crippen LogP contribution in [-0.4, -0.2) is 82.1 Å². The van der Waals surface area contributed by atoms with Gasteiger partial charge >= 0.3 is 29.6 Å². The Balaban J connectivity index is 0.00000552. The number of amides is 5. The van der Waals surface area contributed by atoms with Crippen molar-refractivity contribution >= 4 is 46.4 Å². The van der Waals surface area contributed by atoms with Crippen molar-refractivity contribution in [1.82, 2.24) is 31.2 Å². The molecule has 0 spiro atoms. The summed E-state index contributed by atoms with van der Waals surface area (Å²) in [7, 11) is 0. The second-order valence-corrected chi connectivity index (χ2v) is 12.4. The van der Waals surface area contributed by atoms with Gasteiger partial charge in [-0.3, -0.25) is 24.0 Å². The summed E-state index contributed by atoms with van der Waals surface area (Å²) in [6.07, 6.45) is 1.93. The third-order valence-electron chi connectivity index (χ3n) is 8.14. The molecular formula is C31H41N6NaO7. The third-order valence-corrected chi connectivity index (χ3v) is 8.14. The molecule has 2 fully saturated rings. The van der Waals surface area contributed by atoms with Crippen LogP contribution in [0.2, 0.25) is 0 Å². The Kier molecular flexibility index (Phi) is 12.6. The van der Waals surface area contributed by atoms with Crippen molar-refractivity contribution in [3.05, 3.63) is 36.0 Å². The molecule has 14 heteroatoms. The molecule has 2 aliphatic heterocycles. The van der Waals surface area contributed by atoms with Gasteiger partial charge in [-0.25, -0.2) is 0 Å². The minimum atomic E-state index is -1.56. The summed E-state index contributed by atoms with van der Waals surface area (Å²) in [5.41, 5.74) is 1.53. The van der Waals surface area contributed by atoms with E-state index in [0.29, 0.717) is 18.4 Å². The maximum atomic E-state index is 13.8. The van der Waals surface area contributed by atoms with Crippen molar-refractivity contribution in [2.75, 3.05) is 6.54 Å². The number of aliphatic carboxylic acids is 1. The van der Waals surface area contributed by atoms with Crippen LogP contribution in [0.3, 0.4) is 0 Å². The van der Waals surface area contributed by atoms with Gasteiger partial charge in [-0.2, -0.15) is 0 Å². The third kappa shape index (κ3) is 8.86. The van der Waals surface area contributed by atoms with E-state index in [2.05, 4.69) is 26.3 Å². The number of hydrogen-bond donors (Lipinski definition) is 5. The SMILES string of the molecule is CC(C)C[C@@H]1NC(=O)[C@@H](C(C)C)NC(=O)[C@@H]2CCCN2C(=O)[C@@H](CC(=O)[O-])NC(=O)[C@@H](Cc2c[nH]c3ccccc23)NC1=O.[Na+]. The first kappa shape index (κ1) is 36.1. The van der Waals surface area contributed by atoms with E-state index in [9.17, 15) is 33.9 Å². The maximum absolute atomic E-state index is 13.8. The van der Waals surface area contributed by atoms with Crippen molar-refractivity contribution < 1.29 is 63.4 Å². The molecule has 0 aliphatic carbocycles. The zero-order chi connectivity index (χ0) is 32.1. The van der Waals surface area contributed by atoms with E-state index in [1.807, 2.05) is 38.1 Å². The Morgan fingerprint density at radius 3 is 2.20 bits per heavy atom. The average Bonchev–Trinajstić information content (AvgIpc) is 3.61. The number of carbonyl (C=O) groups is 6. The van der Waals surface area contributed by atoms with Gasteiger partial charge in [0.05, 0.1) is 0 Å². The number of nitrogens with zero attached hydrogens (tertiary/aromatic N) is 1. The van der Waals surface area contributed by atoms with Crippen LogP contribution in [-0.2, 0) is 35.2 Å². The van der Waals surface area contributed by atoms with E-state index < -0.39 is 72.1 Å². The van der Waals surface area contributed by atoms with E-state index in [1.165, 1.54) is 4.90 Å². The molecular weight excluding hydrogens is 591 g/mol. The van der Waals surface area contributed by atoms with Gasteiger partial charge in [0.25, 0.3) is 0 Å². The molecule has 5 atom stereocenters. The molecule has 0 bridgehead atoms. The number of rotatable bonds is 7. The predicted molar refractivity (Wildman–Crippen MR) is 158 cm³/mol. The van der Waals surface area contributed by atoms with Crippen molar-refractivity contribution in [1.29, 1.82) is 0 Å². The Morgan fingerprint density at radius 1 is 0.889 bits per heavy atom. The largest absolute Gasteiger partial charge is 1.00 e. The molecule has 2 aliphatic rings. The van der Waals surface area contributed by atoms with Crippen LogP contribution in [0.15, 0.2) is 30.5 Å². The van der Waals surface area contributed by atoms with E-state index in [1.54, 1.807) is 20.0 Å². The van der Waals surface area contributed by atoms with Crippen LogP contribution >= 0.6 is 0 Å². The summed E-state index contributed by atoms with van der Waals surface area (Å²) < 4.78 is 0. The predicted octanol–water partition coefficient (Wildman–Crippen LogP) is -3.50. The number of carboxylic acid groups (broad SMARTS) is 1. The first-order chi connectivity index (χ1) is 20.8. The summed E-state index contributed by atoms with van der Waals surface area (Å²) in [5, 5.41) is 23.3. The van der Waals surface area contributed by atoms with E-state index in [-0.39, 0.29) is 60.8 Å². The fourth-order valence-electron chi connectivity index (χ4n) is 5.89. The van der Waals surface area contributed by atoms with Gasteiger partial charge in [-0.05, 0) is 42.7 Å². The van der Waals surface area contributed by atoms with Crippen LogP contribution in [0.25, 0.3) is 10.9 Å². The van der Waals surface area contributed by atoms with E-state index in [4.69, 9.17) is 0 Å². The molecule has 2 saturated heterocycles. The standard InChI is InChI=1S/C31H42N6O7.Na/c1-16(2)12-21-27(40)33-22(13-18-15-32-20-9-6-5-8-19(18)20)28(41)35-23(14-25(38)39)31(44)37-11-7-10-24(37)29(42)36-26(17(3)4)30(43)34-21;/h5-6,8-9,15-17,21-24,26,32H,7,10-14H2,1-4H3,(H,33,40)(H,34,43)(H,35,41)(H,36,42)(H,38,39);/q;+1/p-1/t21-,22+,23+,24-,26+;/m0./s1. The molecule has 1 aromatic heterocycles. The maximum Gasteiger partial charge on any atom is 1.00 e. The number of H-pyrrole nitrogens is 1. The van der Waals surface area contributed by atoms with Crippen LogP contribution in [0, 0.1) is 11.8 Å². The average molecular weight is 633 g/mol. The number of nitrogens with one attached hydrogen (secondary N) is 5. The fourth-order valence-corrected chi connectivity index (χ4v) is 5.89. The smallest absolute Gasteiger partial charge is 0.550 e. The van der Waals surface area contributed by atoms with Crippen LogP contribution in [0.5, 0.6) is 0 Å². The normalized spacial score (nSPS) is 25.1. The van der Waals surface area contributed by atoms with Gasteiger partial charge in [-0.1, -0.05) is 45.9 Å². The number of para-hydroxylation sites is 1. The molecule has 238 valence electrons. The van der Waals surface area contributed by atoms with Crippen molar-refractivity contribution in [2.24, 2.45) is 11.8 Å². The number of carboxylic acids is 1. The summed E-state index contributed by atoms with van der Waals surface area (Å²) in [6, 6.07) is 1.64. The first-order valence-corrected chi connectivity index (χ1v) is 15.1. The molecule has 3 heterocycles. The molecule has 13 nitrogen and oxygen atoms in total. The Bertz CT molecular complexity index is 1430. The number of benzene rings is 1. The van der Waals surface area contributed by atoms with Gasteiger partial charge in [0, 0.05) is 42.5 Å². The Morgan fingerprint density at radius 2 is 1.53 bits per heavy atom. The van der Waals surface area contributed by atoms with Gasteiger partial charge in [0.15, 0.2) is 0 Å². The number of hydrogen-bond acceptors (Lipinski definition) is 7. The summed E-state index contributed by atoms with van der Waals surface area (Å²) >= 11 is 0. The Hall–Kier alpha value is -3.42. The van der Waals surface area contributed by atoms with E-state index >= 15 is 0 Å². The zero-order valence-corrected chi connectivity index (χ0v) is 28.5. The second kappa shape index (κ2) is 15.7. The van der Waals surface area contributed by atoms with Gasteiger partial charge in [0.2, 0.25) is 29.5 Å². The Labute approximate surface area is 284 Å². The number of fused-ring (bicyclic) bond motifs is 2. The summed E-state index contributed by atoms with van der Waals surface area (Å²) in [6.45, 7) is 7.45. The molecule has 5 amide bonds. The molecule has 0 unspecified atom stereocenters. The number of carbonyl (C=O) groups excluding carboxylic acids is 6. The minimum absolute atomic E-state index is 0. The second-order valence-electron chi connectivity index (χ2n) is 12.4. The quantitative estimate of drug-likeness (QED) is 0.196. The van der Waals surface area contributed by atoms with Gasteiger partial charge in [-0.15, -0.1) is 0 Å². The molecule has 2 aromatic rings. The molecule has 0 saturated carbocycles. The van der Waals surface area contributed by atoms with Crippen molar-refractivity contribution in [2.45, 2.75) is 90.0 Å². The molecule has 0 radical (unpaired) electrons. The number of aromatic nitrogens is 1. The summed E-state index contributed by atoms with van der Waals surface area (Å²) in [4.78, 5) is 84.2.